The average Bonchev–Trinajstić information content (AvgIpc) is 3.60. The Labute approximate surface area is 261 Å². The van der Waals surface area contributed by atoms with Crippen LogP contribution in [0.25, 0.3) is 33.3 Å². The predicted molar refractivity (Wildman–Crippen MR) is 173 cm³/mol. The van der Waals surface area contributed by atoms with Gasteiger partial charge in [-0.25, -0.2) is 22.8 Å². The Bertz CT molecular complexity index is 2010. The number of nitrogen functional groups attached to an aromatic ring is 1. The number of anilines is 3. The molecular formula is C32H37FN8O3S. The van der Waals surface area contributed by atoms with Crippen LogP contribution in [-0.2, 0) is 10.0 Å². The van der Waals surface area contributed by atoms with E-state index in [-0.39, 0.29) is 17.7 Å². The molecule has 2 aromatic carbocycles. The maximum atomic E-state index is 15.5. The van der Waals surface area contributed by atoms with E-state index in [0.717, 1.165) is 66.6 Å². The highest BCUT2D eigenvalue weighted by atomic mass is 32.2. The van der Waals surface area contributed by atoms with E-state index in [2.05, 4.69) is 29.7 Å². The number of nitrogens with zero attached hydrogens (tertiary/aromatic N) is 6. The van der Waals surface area contributed by atoms with E-state index in [9.17, 15) is 8.42 Å². The molecule has 5 aromatic rings. The van der Waals surface area contributed by atoms with Crippen molar-refractivity contribution < 1.29 is 17.2 Å². The fraction of sp³-hybridized carbons (Fsp3) is 0.406. The van der Waals surface area contributed by atoms with Gasteiger partial charge in [-0.3, -0.25) is 4.90 Å². The van der Waals surface area contributed by atoms with Crippen molar-refractivity contribution in [1.82, 2.24) is 28.7 Å². The molecule has 45 heavy (non-hydrogen) atoms. The zero-order chi connectivity index (χ0) is 31.5. The van der Waals surface area contributed by atoms with Crippen LogP contribution in [0, 0.1) is 19.7 Å². The molecule has 1 saturated heterocycles. The lowest BCUT2D eigenvalue weighted by Crippen LogP contribution is -2.52. The van der Waals surface area contributed by atoms with E-state index in [4.69, 9.17) is 10.2 Å². The summed E-state index contributed by atoms with van der Waals surface area (Å²) in [6.07, 6.45) is 8.68. The molecule has 3 N–H and O–H groups in total. The molecule has 0 atom stereocenters. The summed E-state index contributed by atoms with van der Waals surface area (Å²) in [4.78, 5) is 15.8. The van der Waals surface area contributed by atoms with Gasteiger partial charge in [-0.15, -0.1) is 0 Å². The first kappa shape index (κ1) is 29.6. The van der Waals surface area contributed by atoms with Crippen molar-refractivity contribution >= 4 is 49.7 Å². The van der Waals surface area contributed by atoms with E-state index < -0.39 is 15.8 Å². The third-order valence-electron chi connectivity index (χ3n) is 9.30. The smallest absolute Gasteiger partial charge is 0.300 e. The Kier molecular flexibility index (Phi) is 7.49. The maximum absolute atomic E-state index is 15.5. The second-order valence-corrected chi connectivity index (χ2v) is 14.3. The van der Waals surface area contributed by atoms with E-state index in [1.165, 1.54) is 18.6 Å². The Morgan fingerprint density at radius 1 is 1.00 bits per heavy atom. The normalized spacial score (nSPS) is 20.3. The summed E-state index contributed by atoms with van der Waals surface area (Å²) in [6.45, 7) is 6.55. The van der Waals surface area contributed by atoms with Crippen molar-refractivity contribution in [2.45, 2.75) is 51.6 Å². The van der Waals surface area contributed by atoms with Crippen LogP contribution < -0.4 is 11.1 Å². The van der Waals surface area contributed by atoms with Gasteiger partial charge in [0.1, 0.15) is 29.1 Å². The van der Waals surface area contributed by atoms with Gasteiger partial charge in [0.25, 0.3) is 6.01 Å². The predicted octanol–water partition coefficient (Wildman–Crippen LogP) is 5.38. The number of piperazine rings is 1. The third kappa shape index (κ3) is 5.64. The average molecular weight is 633 g/mol. The third-order valence-corrected chi connectivity index (χ3v) is 10.6. The van der Waals surface area contributed by atoms with Crippen LogP contribution in [0.3, 0.4) is 0 Å². The number of benzene rings is 2. The number of aromatic nitrogens is 4. The molecule has 1 aliphatic carbocycles. The van der Waals surface area contributed by atoms with Gasteiger partial charge in [0.2, 0.25) is 10.0 Å². The van der Waals surface area contributed by atoms with Gasteiger partial charge in [-0.05, 0) is 74.4 Å². The first-order valence-electron chi connectivity index (χ1n) is 15.3. The van der Waals surface area contributed by atoms with Crippen LogP contribution in [0.5, 0.6) is 0 Å². The van der Waals surface area contributed by atoms with Gasteiger partial charge in [0.05, 0.1) is 17.3 Å². The molecule has 0 bridgehead atoms. The summed E-state index contributed by atoms with van der Waals surface area (Å²) < 4.78 is 49.0. The van der Waals surface area contributed by atoms with Gasteiger partial charge in [-0.2, -0.15) is 9.29 Å². The van der Waals surface area contributed by atoms with Crippen LogP contribution in [-0.4, -0.2) is 75.6 Å². The van der Waals surface area contributed by atoms with Gasteiger partial charge in [0, 0.05) is 50.0 Å². The van der Waals surface area contributed by atoms with E-state index in [1.54, 1.807) is 10.4 Å². The van der Waals surface area contributed by atoms with Crippen molar-refractivity contribution in [1.29, 1.82) is 0 Å². The van der Waals surface area contributed by atoms with Gasteiger partial charge < -0.3 is 20.0 Å². The Morgan fingerprint density at radius 2 is 1.73 bits per heavy atom. The number of aryl methyl sites for hydroxylation is 2. The molecule has 13 heteroatoms. The number of nitrogens with two attached hydrogens (primary N) is 1. The lowest BCUT2D eigenvalue weighted by atomic mass is 9.89. The Balaban J connectivity index is 1.11. The first-order chi connectivity index (χ1) is 21.5. The van der Waals surface area contributed by atoms with Crippen LogP contribution in [0.2, 0.25) is 0 Å². The molecule has 7 rings (SSSR count). The number of oxazole rings is 1. The van der Waals surface area contributed by atoms with Crippen molar-refractivity contribution in [2.24, 2.45) is 0 Å². The molecule has 0 radical (unpaired) electrons. The second-order valence-electron chi connectivity index (χ2n) is 12.3. The first-order valence-corrected chi connectivity index (χ1v) is 17.1. The Morgan fingerprint density at radius 3 is 2.44 bits per heavy atom. The minimum absolute atomic E-state index is 0.209. The summed E-state index contributed by atoms with van der Waals surface area (Å²) in [5, 5.41) is 3.70. The van der Waals surface area contributed by atoms with Crippen molar-refractivity contribution in [2.75, 3.05) is 43.5 Å². The van der Waals surface area contributed by atoms with Crippen LogP contribution in [0.1, 0.15) is 42.9 Å². The minimum Gasteiger partial charge on any atom is -0.423 e. The summed E-state index contributed by atoms with van der Waals surface area (Å²) in [5.41, 5.74) is 12.3. The highest BCUT2D eigenvalue weighted by Crippen LogP contribution is 2.40. The van der Waals surface area contributed by atoms with Gasteiger partial charge in [0.15, 0.2) is 5.58 Å². The topological polar surface area (TPSA) is 135 Å². The zero-order valence-electron chi connectivity index (χ0n) is 25.6. The molecule has 0 amide bonds. The molecule has 2 aliphatic rings. The van der Waals surface area contributed by atoms with Crippen molar-refractivity contribution in [3.05, 3.63) is 59.8 Å². The van der Waals surface area contributed by atoms with Crippen LogP contribution in [0.15, 0.2) is 47.3 Å². The number of hydrogen-bond donors (Lipinski definition) is 2. The van der Waals surface area contributed by atoms with Gasteiger partial charge in [-0.1, -0.05) is 12.1 Å². The maximum Gasteiger partial charge on any atom is 0.300 e. The van der Waals surface area contributed by atoms with E-state index in [0.29, 0.717) is 41.5 Å². The summed E-state index contributed by atoms with van der Waals surface area (Å²) in [5.74, 6) is -0.0959. The molecule has 1 aliphatic heterocycles. The van der Waals surface area contributed by atoms with E-state index in [1.807, 2.05) is 38.2 Å². The molecule has 2 fully saturated rings. The SMILES string of the molecule is Cc1cc(C)c2oc(Nc3ccc(-c4cn(C5CCC(N6CCN(S(C)(=O)=O)CC6)CC5)c5ncnc(N)c45)cc3F)nc2c1. The number of fused-ring (bicyclic) bond motifs is 2. The van der Waals surface area contributed by atoms with Crippen molar-refractivity contribution in [3.63, 3.8) is 0 Å². The highest BCUT2D eigenvalue weighted by Gasteiger charge is 2.32. The number of rotatable bonds is 6. The fourth-order valence-corrected chi connectivity index (χ4v) is 7.86. The number of halogens is 1. The molecule has 11 nitrogen and oxygen atoms in total. The number of hydrogen-bond acceptors (Lipinski definition) is 9. The van der Waals surface area contributed by atoms with Crippen molar-refractivity contribution in [3.8, 4) is 11.1 Å². The fourth-order valence-electron chi connectivity index (χ4n) is 7.04. The summed E-state index contributed by atoms with van der Waals surface area (Å²) in [6, 6.07) is 9.83. The molecule has 4 heterocycles. The standard InChI is InChI=1S/C32H37FN8O3S/c1-19-14-20(2)29-27(15-19)38-32(44-29)37-26-9-4-21(16-25(26)33)24-17-41(31-28(24)30(34)35-18-36-31)23-7-5-22(6-8-23)39-10-12-40(13-11-39)45(3,42)43/h4,9,14-18,22-23H,5-8,10-13H2,1-3H3,(H,37,38)(H2,34,35,36). The highest BCUT2D eigenvalue weighted by molar-refractivity contribution is 7.88. The molecule has 1 saturated carbocycles. The second kappa shape index (κ2) is 11.4. The lowest BCUT2D eigenvalue weighted by Gasteiger charge is -2.41. The number of sulfonamides is 1. The zero-order valence-corrected chi connectivity index (χ0v) is 26.4. The van der Waals surface area contributed by atoms with Crippen LogP contribution >= 0.6 is 0 Å². The molecular weight excluding hydrogens is 595 g/mol. The van der Waals surface area contributed by atoms with Gasteiger partial charge >= 0.3 is 0 Å². The lowest BCUT2D eigenvalue weighted by molar-refractivity contribution is 0.100. The van der Waals surface area contributed by atoms with Crippen LogP contribution in [0.4, 0.5) is 21.9 Å². The Hall–Kier alpha value is -4.07. The minimum atomic E-state index is -3.15. The largest absolute Gasteiger partial charge is 0.423 e. The quantitative estimate of drug-likeness (QED) is 0.253. The molecule has 0 spiro atoms. The molecule has 3 aromatic heterocycles. The molecule has 236 valence electrons. The summed E-state index contributed by atoms with van der Waals surface area (Å²) >= 11 is 0. The number of nitrogens with one attached hydrogen (secondary N) is 1. The monoisotopic (exact) mass is 632 g/mol. The summed E-state index contributed by atoms with van der Waals surface area (Å²) in [7, 11) is -3.15. The molecule has 0 unspecified atom stereocenters. The van der Waals surface area contributed by atoms with E-state index >= 15 is 4.39 Å².